The third-order valence-corrected chi connectivity index (χ3v) is 8.40. The van der Waals surface area contributed by atoms with E-state index in [-0.39, 0.29) is 36.5 Å². The number of nitrogens with zero attached hydrogens (tertiary/aromatic N) is 3. The van der Waals surface area contributed by atoms with Crippen molar-refractivity contribution in [2.75, 3.05) is 33.0 Å². The number of halogens is 4. The summed E-state index contributed by atoms with van der Waals surface area (Å²) in [5, 5.41) is 14.0. The molecule has 42 heavy (non-hydrogen) atoms. The summed E-state index contributed by atoms with van der Waals surface area (Å²) < 4.78 is 50.1. The van der Waals surface area contributed by atoms with Crippen LogP contribution in [0.2, 0.25) is 5.02 Å². The second-order valence-electron chi connectivity index (χ2n) is 11.3. The minimum Gasteiger partial charge on any atom is -0.384 e. The number of hydrogen-bond donors (Lipinski definition) is 2. The Morgan fingerprint density at radius 3 is 2.71 bits per heavy atom. The van der Waals surface area contributed by atoms with Crippen LogP contribution >= 0.6 is 11.6 Å². The smallest absolute Gasteiger partial charge is 0.251 e. The van der Waals surface area contributed by atoms with E-state index in [1.807, 2.05) is 4.57 Å². The fourth-order valence-corrected chi connectivity index (χ4v) is 6.27. The van der Waals surface area contributed by atoms with Crippen molar-refractivity contribution < 1.29 is 27.8 Å². The van der Waals surface area contributed by atoms with Crippen LogP contribution in [0.25, 0.3) is 11.3 Å². The van der Waals surface area contributed by atoms with Gasteiger partial charge in [0.05, 0.1) is 11.7 Å². The molecule has 2 aromatic carbocycles. The van der Waals surface area contributed by atoms with Gasteiger partial charge in [0.2, 0.25) is 0 Å². The average molecular weight is 605 g/mol. The van der Waals surface area contributed by atoms with Crippen LogP contribution in [-0.2, 0) is 16.1 Å². The molecule has 2 aliphatic heterocycles. The van der Waals surface area contributed by atoms with E-state index in [0.717, 1.165) is 0 Å². The number of hydrogen-bond acceptors (Lipinski definition) is 5. The minimum atomic E-state index is -1.28. The minimum absolute atomic E-state index is 0.0349. The van der Waals surface area contributed by atoms with Crippen LogP contribution in [0.4, 0.5) is 13.2 Å². The van der Waals surface area contributed by atoms with Crippen molar-refractivity contribution >= 4 is 17.5 Å². The number of carbonyl (C=O) groups is 1. The molecule has 0 radical (unpaired) electrons. The summed E-state index contributed by atoms with van der Waals surface area (Å²) in [4.78, 5) is 20.3. The third-order valence-electron chi connectivity index (χ3n) is 8.16. The van der Waals surface area contributed by atoms with Crippen molar-refractivity contribution in [2.24, 2.45) is 11.8 Å². The molecule has 2 N–H and O–H groups in total. The van der Waals surface area contributed by atoms with Crippen molar-refractivity contribution in [3.8, 4) is 11.3 Å². The zero-order chi connectivity index (χ0) is 29.8. The van der Waals surface area contributed by atoms with Gasteiger partial charge in [0.15, 0.2) is 0 Å². The lowest BCUT2D eigenvalue weighted by atomic mass is 9.88. The van der Waals surface area contributed by atoms with Gasteiger partial charge in [-0.05, 0) is 73.9 Å². The van der Waals surface area contributed by atoms with Gasteiger partial charge < -0.3 is 24.6 Å². The van der Waals surface area contributed by atoms with Crippen molar-refractivity contribution in [2.45, 2.75) is 50.9 Å². The van der Waals surface area contributed by atoms with Gasteiger partial charge in [-0.2, -0.15) is 0 Å². The molecule has 2 saturated heterocycles. The van der Waals surface area contributed by atoms with Crippen LogP contribution in [0.15, 0.2) is 48.7 Å². The molecule has 3 aromatic rings. The average Bonchev–Trinajstić information content (AvgIpc) is 3.61. The monoisotopic (exact) mass is 604 g/mol. The van der Waals surface area contributed by atoms with E-state index in [1.165, 1.54) is 37.3 Å². The third kappa shape index (κ3) is 6.99. The molecule has 7 nitrogen and oxygen atoms in total. The summed E-state index contributed by atoms with van der Waals surface area (Å²) in [5.41, 5.74) is 1.19. The van der Waals surface area contributed by atoms with Crippen molar-refractivity contribution in [3.63, 3.8) is 0 Å². The maximum absolute atomic E-state index is 15.1. The first kappa shape index (κ1) is 30.5. The molecule has 2 aliphatic rings. The molecule has 0 spiro atoms. The number of imidazole rings is 1. The predicted octanol–water partition coefficient (Wildman–Crippen LogP) is 5.15. The summed E-state index contributed by atoms with van der Waals surface area (Å²) in [6.45, 7) is 2.95. The number of nitrogens with one attached hydrogen (secondary N) is 1. The molecule has 4 atom stereocenters. The highest BCUT2D eigenvalue weighted by atomic mass is 35.5. The van der Waals surface area contributed by atoms with Crippen LogP contribution in [0.3, 0.4) is 0 Å². The predicted molar refractivity (Wildman–Crippen MR) is 154 cm³/mol. The van der Waals surface area contributed by atoms with Gasteiger partial charge in [-0.3, -0.25) is 4.79 Å². The number of ether oxygens (including phenoxy) is 1. The van der Waals surface area contributed by atoms with Gasteiger partial charge in [-0.25, -0.2) is 18.2 Å². The Hall–Kier alpha value is -2.92. The number of rotatable bonds is 10. The van der Waals surface area contributed by atoms with Crippen molar-refractivity contribution in [1.82, 2.24) is 19.8 Å². The Labute approximate surface area is 248 Å². The number of amides is 1. The quantitative estimate of drug-likeness (QED) is 0.334. The van der Waals surface area contributed by atoms with Crippen LogP contribution in [0.1, 0.15) is 43.6 Å². The lowest BCUT2D eigenvalue weighted by Gasteiger charge is -2.40. The summed E-state index contributed by atoms with van der Waals surface area (Å²) in [6.07, 6.45) is 2.24. The number of aliphatic hydroxyl groups excluding tert-OH is 1. The fourth-order valence-electron chi connectivity index (χ4n) is 6.10. The van der Waals surface area contributed by atoms with E-state index in [4.69, 9.17) is 21.3 Å². The Morgan fingerprint density at radius 2 is 2.02 bits per heavy atom. The number of benzene rings is 2. The summed E-state index contributed by atoms with van der Waals surface area (Å²) in [6, 6.07) is 9.53. The molecule has 5 rings (SSSR count). The summed E-state index contributed by atoms with van der Waals surface area (Å²) in [7, 11) is 0. The largest absolute Gasteiger partial charge is 0.384 e. The molecule has 11 heteroatoms. The normalized spacial score (nSPS) is 20.9. The molecule has 4 unspecified atom stereocenters. The number of aromatic nitrogens is 2. The number of alkyl halides is 1. The Bertz CT molecular complexity index is 1380. The Kier molecular flexibility index (Phi) is 9.88. The fraction of sp³-hybridized carbons (Fsp3) is 0.484. The van der Waals surface area contributed by atoms with Crippen LogP contribution in [0.5, 0.6) is 0 Å². The molecule has 1 aromatic heterocycles. The summed E-state index contributed by atoms with van der Waals surface area (Å²) in [5.74, 6) is -0.993. The summed E-state index contributed by atoms with van der Waals surface area (Å²) >= 11 is 6.22. The van der Waals surface area contributed by atoms with Gasteiger partial charge in [-0.15, -0.1) is 0 Å². The molecular weight excluding hydrogens is 569 g/mol. The van der Waals surface area contributed by atoms with E-state index in [2.05, 4.69) is 5.32 Å². The van der Waals surface area contributed by atoms with Crippen molar-refractivity contribution in [3.05, 3.63) is 76.7 Å². The van der Waals surface area contributed by atoms with E-state index in [0.29, 0.717) is 61.1 Å². The zero-order valence-electron chi connectivity index (χ0n) is 23.5. The highest BCUT2D eigenvalue weighted by Crippen LogP contribution is 2.38. The highest BCUT2D eigenvalue weighted by Gasteiger charge is 2.40. The van der Waals surface area contributed by atoms with Gasteiger partial charge in [-0.1, -0.05) is 23.7 Å². The van der Waals surface area contributed by atoms with Crippen LogP contribution in [-0.4, -0.2) is 70.6 Å². The molecule has 0 bridgehead atoms. The van der Waals surface area contributed by atoms with E-state index in [9.17, 15) is 18.7 Å². The second kappa shape index (κ2) is 13.6. The van der Waals surface area contributed by atoms with Gasteiger partial charge >= 0.3 is 0 Å². The first-order chi connectivity index (χ1) is 20.2. The standard InChI is InChI=1S/C31H36ClF3N4O3/c1-19(40)31(41)39(17-21-12-25(14-33)36-15-21)29(22-7-9-42-10-8-22)30-37-28(26-13-23(32)5-6-27(26)35)18-38(30)16-20-3-2-4-24(34)11-20/h2-6,11,13,18-19,21-22,25,29,36,40H,7-10,12,14-17H2,1H3. The number of aliphatic hydroxyl groups is 1. The topological polar surface area (TPSA) is 79.6 Å². The molecule has 2 fully saturated rings. The zero-order valence-corrected chi connectivity index (χ0v) is 24.2. The first-order valence-corrected chi connectivity index (χ1v) is 14.7. The second-order valence-corrected chi connectivity index (χ2v) is 11.7. The lowest BCUT2D eigenvalue weighted by Crippen LogP contribution is -2.47. The molecule has 1 amide bonds. The van der Waals surface area contributed by atoms with Crippen LogP contribution < -0.4 is 5.32 Å². The first-order valence-electron chi connectivity index (χ1n) is 14.4. The van der Waals surface area contributed by atoms with Gasteiger partial charge in [0, 0.05) is 55.7 Å². The van der Waals surface area contributed by atoms with Crippen LogP contribution in [0, 0.1) is 23.5 Å². The Morgan fingerprint density at radius 1 is 1.24 bits per heavy atom. The number of carbonyl (C=O) groups excluding carboxylic acids is 1. The SMILES string of the molecule is CC(O)C(=O)N(CC1CNC(CF)C1)C(c1nc(-c2cc(Cl)ccc2F)cn1Cc1cccc(F)c1)C1CCOCC1. The van der Waals surface area contributed by atoms with Crippen molar-refractivity contribution in [1.29, 1.82) is 0 Å². The van der Waals surface area contributed by atoms with Gasteiger partial charge in [0.1, 0.15) is 30.2 Å². The molecule has 3 heterocycles. The maximum atomic E-state index is 15.1. The maximum Gasteiger partial charge on any atom is 0.251 e. The highest BCUT2D eigenvalue weighted by molar-refractivity contribution is 6.30. The lowest BCUT2D eigenvalue weighted by molar-refractivity contribution is -0.145. The molecule has 226 valence electrons. The van der Waals surface area contributed by atoms with E-state index < -0.39 is 36.4 Å². The molecular formula is C31H36ClF3N4O3. The van der Waals surface area contributed by atoms with Gasteiger partial charge in [0.25, 0.3) is 5.91 Å². The van der Waals surface area contributed by atoms with E-state index in [1.54, 1.807) is 23.2 Å². The molecule has 0 aliphatic carbocycles. The molecule has 0 saturated carbocycles. The van der Waals surface area contributed by atoms with E-state index >= 15 is 4.39 Å². The Balaban J connectivity index is 1.64.